The maximum absolute atomic E-state index is 11.7. The summed E-state index contributed by atoms with van der Waals surface area (Å²) in [6.07, 6.45) is 0.867. The maximum atomic E-state index is 11.7. The number of hydrogen-bond acceptors (Lipinski definition) is 3. The number of carbonyl (C=O) groups excluding carboxylic acids is 1. The van der Waals surface area contributed by atoms with E-state index in [-0.39, 0.29) is 5.91 Å². The average molecular weight is 213 g/mol. The molecule has 0 bridgehead atoms. The van der Waals surface area contributed by atoms with E-state index in [4.69, 9.17) is 16.4 Å². The van der Waals surface area contributed by atoms with Crippen LogP contribution < -0.4 is 0 Å². The summed E-state index contributed by atoms with van der Waals surface area (Å²) in [7, 11) is 0. The summed E-state index contributed by atoms with van der Waals surface area (Å²) in [5.41, 5.74) is 0.319. The van der Waals surface area contributed by atoms with Gasteiger partial charge in [0.05, 0.1) is 13.2 Å². The molecule has 0 unspecified atom stereocenters. The third-order valence-corrected chi connectivity index (χ3v) is 2.12. The van der Waals surface area contributed by atoms with Crippen molar-refractivity contribution in [3.05, 3.63) is 29.0 Å². The number of pyridine rings is 1. The Morgan fingerprint density at radius 1 is 1.57 bits per heavy atom. The zero-order valence-electron chi connectivity index (χ0n) is 7.44. The molecule has 0 saturated carbocycles. The Labute approximate surface area is 86.4 Å². The van der Waals surface area contributed by atoms with Crippen LogP contribution in [0.1, 0.15) is 16.9 Å². The number of carbonyl (C=O) groups is 1. The molecule has 0 atom stereocenters. The van der Waals surface area contributed by atoms with Gasteiger partial charge in [-0.1, -0.05) is 17.7 Å². The first-order chi connectivity index (χ1) is 6.77. The van der Waals surface area contributed by atoms with Gasteiger partial charge >= 0.3 is 0 Å². The smallest absolute Gasteiger partial charge is 0.271 e. The van der Waals surface area contributed by atoms with Gasteiger partial charge in [-0.05, 0) is 18.6 Å². The Bertz CT molecular complexity index is 350. The topological polar surface area (TPSA) is 42.4 Å². The van der Waals surface area contributed by atoms with E-state index >= 15 is 0 Å². The molecule has 1 amide bonds. The van der Waals surface area contributed by atoms with E-state index in [1.807, 2.05) is 0 Å². The summed E-state index contributed by atoms with van der Waals surface area (Å²) < 4.78 is 0. The highest BCUT2D eigenvalue weighted by Gasteiger charge is 2.21. The summed E-state index contributed by atoms with van der Waals surface area (Å²) >= 11 is 5.67. The van der Waals surface area contributed by atoms with Gasteiger partial charge in [0.25, 0.3) is 5.91 Å². The van der Waals surface area contributed by atoms with Gasteiger partial charge in [0.15, 0.2) is 0 Å². The van der Waals surface area contributed by atoms with Crippen molar-refractivity contribution in [2.45, 2.75) is 6.42 Å². The zero-order valence-corrected chi connectivity index (χ0v) is 8.20. The molecule has 5 heteroatoms. The lowest BCUT2D eigenvalue weighted by Gasteiger charge is -2.12. The van der Waals surface area contributed by atoms with Crippen LogP contribution >= 0.6 is 11.6 Å². The number of rotatable bonds is 1. The molecule has 1 aromatic rings. The Balaban J connectivity index is 2.17. The lowest BCUT2D eigenvalue weighted by atomic mass is 10.3. The first-order valence-electron chi connectivity index (χ1n) is 4.35. The van der Waals surface area contributed by atoms with Crippen molar-refractivity contribution >= 4 is 17.5 Å². The van der Waals surface area contributed by atoms with E-state index in [1.165, 1.54) is 5.06 Å². The van der Waals surface area contributed by atoms with E-state index < -0.39 is 0 Å². The minimum absolute atomic E-state index is 0.231. The molecule has 0 N–H and O–H groups in total. The summed E-state index contributed by atoms with van der Waals surface area (Å²) in [5.74, 6) is -0.231. The quantitative estimate of drug-likeness (QED) is 0.663. The molecule has 0 radical (unpaired) electrons. The molecule has 0 spiro atoms. The number of nitrogens with zero attached hydrogens (tertiary/aromatic N) is 2. The van der Waals surface area contributed by atoms with Gasteiger partial charge in [-0.2, -0.15) is 0 Å². The molecule has 1 saturated heterocycles. The van der Waals surface area contributed by atoms with E-state index in [1.54, 1.807) is 18.2 Å². The van der Waals surface area contributed by atoms with Crippen molar-refractivity contribution in [2.75, 3.05) is 13.2 Å². The molecule has 2 heterocycles. The van der Waals surface area contributed by atoms with Gasteiger partial charge in [0.1, 0.15) is 10.8 Å². The Kier molecular flexibility index (Phi) is 2.65. The molecular formula is C9H9ClN2O2. The van der Waals surface area contributed by atoms with Crippen molar-refractivity contribution < 1.29 is 9.63 Å². The SMILES string of the molecule is O=C(c1cccc(Cl)n1)N1CCCO1. The summed E-state index contributed by atoms with van der Waals surface area (Å²) in [6.45, 7) is 1.21. The van der Waals surface area contributed by atoms with Crippen molar-refractivity contribution in [1.82, 2.24) is 10.0 Å². The van der Waals surface area contributed by atoms with Crippen LogP contribution in [0, 0.1) is 0 Å². The van der Waals surface area contributed by atoms with Gasteiger partial charge < -0.3 is 0 Å². The van der Waals surface area contributed by atoms with Crippen LogP contribution in [0.2, 0.25) is 5.15 Å². The van der Waals surface area contributed by atoms with Gasteiger partial charge in [-0.25, -0.2) is 10.0 Å². The summed E-state index contributed by atoms with van der Waals surface area (Å²) in [4.78, 5) is 20.7. The van der Waals surface area contributed by atoms with Crippen LogP contribution in [-0.2, 0) is 4.84 Å². The van der Waals surface area contributed by atoms with E-state index in [2.05, 4.69) is 4.98 Å². The second kappa shape index (κ2) is 3.94. The number of hydroxylamine groups is 2. The molecule has 4 nitrogen and oxygen atoms in total. The van der Waals surface area contributed by atoms with Crippen LogP contribution in [0.4, 0.5) is 0 Å². The largest absolute Gasteiger partial charge is 0.296 e. The number of aromatic nitrogens is 1. The highest BCUT2D eigenvalue weighted by Crippen LogP contribution is 2.11. The van der Waals surface area contributed by atoms with E-state index in [9.17, 15) is 4.79 Å². The molecule has 0 aliphatic carbocycles. The van der Waals surface area contributed by atoms with Gasteiger partial charge in [0.2, 0.25) is 0 Å². The van der Waals surface area contributed by atoms with E-state index in [0.29, 0.717) is 24.0 Å². The second-order valence-electron chi connectivity index (χ2n) is 2.94. The van der Waals surface area contributed by atoms with Gasteiger partial charge in [-0.15, -0.1) is 0 Å². The first-order valence-corrected chi connectivity index (χ1v) is 4.72. The van der Waals surface area contributed by atoms with Crippen molar-refractivity contribution in [1.29, 1.82) is 0 Å². The number of amides is 1. The van der Waals surface area contributed by atoms with Crippen molar-refractivity contribution in [2.24, 2.45) is 0 Å². The van der Waals surface area contributed by atoms with Crippen LogP contribution in [0.25, 0.3) is 0 Å². The van der Waals surface area contributed by atoms with Crippen LogP contribution in [0.15, 0.2) is 18.2 Å². The van der Waals surface area contributed by atoms with Gasteiger partial charge in [0, 0.05) is 0 Å². The normalized spacial score (nSPS) is 15.9. The predicted molar refractivity (Wildman–Crippen MR) is 50.9 cm³/mol. The second-order valence-corrected chi connectivity index (χ2v) is 3.33. The highest BCUT2D eigenvalue weighted by atomic mass is 35.5. The number of halogens is 1. The minimum Gasteiger partial charge on any atom is -0.271 e. The fourth-order valence-corrected chi connectivity index (χ4v) is 1.43. The lowest BCUT2D eigenvalue weighted by molar-refractivity contribution is -0.0771. The fourth-order valence-electron chi connectivity index (χ4n) is 1.26. The zero-order chi connectivity index (χ0) is 9.97. The molecule has 1 aromatic heterocycles. The molecule has 74 valence electrons. The van der Waals surface area contributed by atoms with Crippen LogP contribution in [0.5, 0.6) is 0 Å². The average Bonchev–Trinajstić information content (AvgIpc) is 2.69. The highest BCUT2D eigenvalue weighted by molar-refractivity contribution is 6.29. The Hall–Kier alpha value is -1.13. The van der Waals surface area contributed by atoms with Crippen molar-refractivity contribution in [3.63, 3.8) is 0 Å². The predicted octanol–water partition coefficient (Wildman–Crippen LogP) is 1.51. The molecular weight excluding hydrogens is 204 g/mol. The van der Waals surface area contributed by atoms with Crippen LogP contribution in [-0.4, -0.2) is 29.1 Å². The van der Waals surface area contributed by atoms with Crippen LogP contribution in [0.3, 0.4) is 0 Å². The van der Waals surface area contributed by atoms with E-state index in [0.717, 1.165) is 6.42 Å². The monoisotopic (exact) mass is 212 g/mol. The lowest BCUT2D eigenvalue weighted by Crippen LogP contribution is -2.27. The summed E-state index contributed by atoms with van der Waals surface area (Å²) in [6, 6.07) is 4.94. The first kappa shape index (κ1) is 9.43. The summed E-state index contributed by atoms with van der Waals surface area (Å²) in [5, 5.41) is 1.63. The molecule has 1 fully saturated rings. The third-order valence-electron chi connectivity index (χ3n) is 1.91. The third kappa shape index (κ3) is 1.86. The standard InChI is InChI=1S/C9H9ClN2O2/c10-8-4-1-3-7(11-8)9(13)12-5-2-6-14-12/h1,3-4H,2,5-6H2. The molecule has 1 aliphatic heterocycles. The maximum Gasteiger partial charge on any atom is 0.296 e. The Morgan fingerprint density at radius 3 is 3.07 bits per heavy atom. The van der Waals surface area contributed by atoms with Gasteiger partial charge in [-0.3, -0.25) is 9.63 Å². The molecule has 2 rings (SSSR count). The Morgan fingerprint density at radius 2 is 2.43 bits per heavy atom. The molecule has 14 heavy (non-hydrogen) atoms. The molecule has 1 aliphatic rings. The minimum atomic E-state index is -0.231. The number of hydrogen-bond donors (Lipinski definition) is 0. The van der Waals surface area contributed by atoms with Crippen molar-refractivity contribution in [3.8, 4) is 0 Å². The fraction of sp³-hybridized carbons (Fsp3) is 0.333. The molecule has 0 aromatic carbocycles.